The maximum Gasteiger partial charge on any atom is 0.271 e. The molecule has 1 aliphatic heterocycles. The number of aryl methyl sites for hydroxylation is 1. The second-order valence-corrected chi connectivity index (χ2v) is 9.42. The average Bonchev–Trinajstić information content (AvgIpc) is 3.59. The number of carbonyl (C=O) groups is 2. The van der Waals surface area contributed by atoms with Crippen molar-refractivity contribution in [2.75, 3.05) is 24.5 Å². The molecule has 1 fully saturated rings. The molecule has 1 aliphatic rings. The minimum atomic E-state index is -2.67. The Morgan fingerprint density at radius 2 is 1.93 bits per heavy atom. The summed E-state index contributed by atoms with van der Waals surface area (Å²) in [5.41, 5.74) is 0.802. The summed E-state index contributed by atoms with van der Waals surface area (Å²) in [5, 5.41) is 9.54. The van der Waals surface area contributed by atoms with Crippen molar-refractivity contribution in [3.8, 4) is 5.75 Å². The molecular formula is C27H27F2N7O4. The van der Waals surface area contributed by atoms with Crippen LogP contribution in [0.3, 0.4) is 0 Å². The van der Waals surface area contributed by atoms with Crippen LogP contribution in [0.1, 0.15) is 32.8 Å². The molecule has 5 rings (SSSR count). The third-order valence-corrected chi connectivity index (χ3v) is 6.45. The van der Waals surface area contributed by atoms with E-state index in [0.29, 0.717) is 31.0 Å². The van der Waals surface area contributed by atoms with Gasteiger partial charge in [0.1, 0.15) is 18.0 Å². The van der Waals surface area contributed by atoms with Crippen LogP contribution in [0.15, 0.2) is 65.8 Å². The van der Waals surface area contributed by atoms with Crippen LogP contribution in [0.2, 0.25) is 0 Å². The number of benzene rings is 1. The van der Waals surface area contributed by atoms with Crippen LogP contribution in [0.5, 0.6) is 5.75 Å². The number of amides is 2. The quantitative estimate of drug-likeness (QED) is 0.326. The van der Waals surface area contributed by atoms with Crippen molar-refractivity contribution < 1.29 is 23.1 Å². The topological polar surface area (TPSA) is 123 Å². The number of ether oxygens (including phenoxy) is 1. The van der Waals surface area contributed by atoms with Crippen molar-refractivity contribution in [1.29, 1.82) is 0 Å². The first-order valence-corrected chi connectivity index (χ1v) is 12.6. The van der Waals surface area contributed by atoms with Gasteiger partial charge in [-0.05, 0) is 24.1 Å². The number of alkyl halides is 2. The average molecular weight is 552 g/mol. The Labute approximate surface area is 227 Å². The van der Waals surface area contributed by atoms with Crippen molar-refractivity contribution in [2.24, 2.45) is 7.05 Å². The van der Waals surface area contributed by atoms with Gasteiger partial charge in [0.2, 0.25) is 5.43 Å². The fraction of sp³-hybridized carbons (Fsp3) is 0.296. The third kappa shape index (κ3) is 5.92. The van der Waals surface area contributed by atoms with Gasteiger partial charge in [0, 0.05) is 38.6 Å². The lowest BCUT2D eigenvalue weighted by Gasteiger charge is -2.18. The predicted octanol–water partition coefficient (Wildman–Crippen LogP) is 2.01. The fourth-order valence-corrected chi connectivity index (χ4v) is 4.47. The number of imidazole rings is 1. The molecule has 2 amide bonds. The van der Waals surface area contributed by atoms with Gasteiger partial charge in [0.05, 0.1) is 12.7 Å². The van der Waals surface area contributed by atoms with E-state index in [2.05, 4.69) is 20.7 Å². The van der Waals surface area contributed by atoms with Gasteiger partial charge in [-0.15, -0.1) is 5.10 Å². The standard InChI is InChI=1S/C27H27F2N7O4/c1-34-14-19(25(37)21(15-34)40-16-17-5-3-2-4-6-17)26(38)32-18-9-10-35(13-18)24-8-7-23-30-11-20(36(23)33-24)27(39)31-12-22(28)29/h2-8,11,14-15,18,22H,9-10,12-13,16H2,1H3,(H,31,39)(H,32,38)/t18-/m0/s1. The predicted molar refractivity (Wildman–Crippen MR) is 142 cm³/mol. The molecule has 0 spiro atoms. The summed E-state index contributed by atoms with van der Waals surface area (Å²) in [7, 11) is 1.71. The lowest BCUT2D eigenvalue weighted by Crippen LogP contribution is -2.39. The van der Waals surface area contributed by atoms with E-state index < -0.39 is 30.2 Å². The van der Waals surface area contributed by atoms with Crippen LogP contribution in [0, 0.1) is 0 Å². The number of rotatable bonds is 9. The van der Waals surface area contributed by atoms with E-state index in [4.69, 9.17) is 4.74 Å². The molecule has 3 aromatic heterocycles. The van der Waals surface area contributed by atoms with Crippen LogP contribution in [-0.4, -0.2) is 63.1 Å². The van der Waals surface area contributed by atoms with Gasteiger partial charge in [-0.25, -0.2) is 18.3 Å². The largest absolute Gasteiger partial charge is 0.483 e. The van der Waals surface area contributed by atoms with E-state index in [0.717, 1.165) is 5.56 Å². The van der Waals surface area contributed by atoms with Crippen LogP contribution in [0.25, 0.3) is 5.65 Å². The SMILES string of the molecule is Cn1cc(OCc2ccccc2)c(=O)c(C(=O)N[C@H]2CCN(c3ccc4ncc(C(=O)NCC(F)F)n4n3)C2)c1. The number of hydrogen-bond acceptors (Lipinski definition) is 7. The third-order valence-electron chi connectivity index (χ3n) is 6.45. The Balaban J connectivity index is 1.25. The molecule has 208 valence electrons. The van der Waals surface area contributed by atoms with E-state index in [9.17, 15) is 23.2 Å². The minimum absolute atomic E-state index is 0.0241. The molecule has 13 heteroatoms. The number of anilines is 1. The van der Waals surface area contributed by atoms with Gasteiger partial charge in [0.25, 0.3) is 18.2 Å². The number of nitrogens with one attached hydrogen (secondary N) is 2. The molecule has 1 aromatic carbocycles. The summed E-state index contributed by atoms with van der Waals surface area (Å²) in [5.74, 6) is -0.607. The molecule has 11 nitrogen and oxygen atoms in total. The number of fused-ring (bicyclic) bond motifs is 1. The van der Waals surface area contributed by atoms with Gasteiger partial charge in [-0.1, -0.05) is 30.3 Å². The summed E-state index contributed by atoms with van der Waals surface area (Å²) in [6.45, 7) is 0.396. The van der Waals surface area contributed by atoms with E-state index in [1.54, 1.807) is 29.9 Å². The van der Waals surface area contributed by atoms with Gasteiger partial charge in [0.15, 0.2) is 17.1 Å². The normalized spacial score (nSPS) is 15.0. The first kappa shape index (κ1) is 26.8. The van der Waals surface area contributed by atoms with E-state index >= 15 is 0 Å². The zero-order valence-corrected chi connectivity index (χ0v) is 21.6. The lowest BCUT2D eigenvalue weighted by atomic mass is 10.2. The van der Waals surface area contributed by atoms with E-state index in [1.165, 1.54) is 16.9 Å². The zero-order chi connectivity index (χ0) is 28.2. The highest BCUT2D eigenvalue weighted by molar-refractivity contribution is 5.94. The highest BCUT2D eigenvalue weighted by Crippen LogP contribution is 2.20. The minimum Gasteiger partial charge on any atom is -0.483 e. The number of halogens is 2. The molecule has 40 heavy (non-hydrogen) atoms. The van der Waals surface area contributed by atoms with Crippen molar-refractivity contribution >= 4 is 23.3 Å². The monoisotopic (exact) mass is 551 g/mol. The van der Waals surface area contributed by atoms with Crippen molar-refractivity contribution in [3.05, 3.63) is 88.1 Å². The van der Waals surface area contributed by atoms with Crippen molar-refractivity contribution in [2.45, 2.75) is 25.5 Å². The molecular weight excluding hydrogens is 524 g/mol. The Morgan fingerprint density at radius 3 is 2.70 bits per heavy atom. The summed E-state index contributed by atoms with van der Waals surface area (Å²) in [4.78, 5) is 44.4. The summed E-state index contributed by atoms with van der Waals surface area (Å²) >= 11 is 0. The highest BCUT2D eigenvalue weighted by atomic mass is 19.3. The molecule has 0 aliphatic carbocycles. The second-order valence-electron chi connectivity index (χ2n) is 9.42. The maximum atomic E-state index is 13.1. The second kappa shape index (κ2) is 11.5. The molecule has 0 saturated carbocycles. The van der Waals surface area contributed by atoms with Gasteiger partial charge in [-0.3, -0.25) is 14.4 Å². The first-order valence-electron chi connectivity index (χ1n) is 12.6. The van der Waals surface area contributed by atoms with Crippen LogP contribution in [-0.2, 0) is 13.7 Å². The Kier molecular flexibility index (Phi) is 7.71. The van der Waals surface area contributed by atoms with Gasteiger partial charge < -0.3 is 24.8 Å². The van der Waals surface area contributed by atoms with Gasteiger partial charge >= 0.3 is 0 Å². The van der Waals surface area contributed by atoms with E-state index in [1.807, 2.05) is 35.2 Å². The highest BCUT2D eigenvalue weighted by Gasteiger charge is 2.27. The number of nitrogens with zero attached hydrogens (tertiary/aromatic N) is 5. The fourth-order valence-electron chi connectivity index (χ4n) is 4.47. The Hall–Kier alpha value is -4.81. The molecule has 1 atom stereocenters. The van der Waals surface area contributed by atoms with Crippen molar-refractivity contribution in [1.82, 2.24) is 29.8 Å². The lowest BCUT2D eigenvalue weighted by molar-refractivity contribution is 0.0884. The molecule has 0 bridgehead atoms. The smallest absolute Gasteiger partial charge is 0.271 e. The molecule has 4 aromatic rings. The Morgan fingerprint density at radius 1 is 1.12 bits per heavy atom. The van der Waals surface area contributed by atoms with Gasteiger partial charge in [-0.2, -0.15) is 0 Å². The number of hydrogen-bond donors (Lipinski definition) is 2. The number of pyridine rings is 1. The summed E-state index contributed by atoms with van der Waals surface area (Å²) in [6.07, 6.45) is 2.21. The molecule has 0 radical (unpaired) electrons. The Bertz CT molecular complexity index is 1590. The maximum absolute atomic E-state index is 13.1. The van der Waals surface area contributed by atoms with E-state index in [-0.39, 0.29) is 29.7 Å². The molecule has 1 saturated heterocycles. The summed E-state index contributed by atoms with van der Waals surface area (Å²) < 4.78 is 33.6. The van der Waals surface area contributed by atoms with Crippen LogP contribution in [0.4, 0.5) is 14.6 Å². The molecule has 2 N–H and O–H groups in total. The van der Waals surface area contributed by atoms with Crippen molar-refractivity contribution in [3.63, 3.8) is 0 Å². The zero-order valence-electron chi connectivity index (χ0n) is 21.6. The first-order chi connectivity index (χ1) is 19.3. The number of aromatic nitrogens is 4. The van der Waals surface area contributed by atoms with Crippen LogP contribution < -0.4 is 25.7 Å². The van der Waals surface area contributed by atoms with Crippen LogP contribution >= 0.6 is 0 Å². The molecule has 0 unspecified atom stereocenters. The number of carbonyl (C=O) groups excluding carboxylic acids is 2. The summed E-state index contributed by atoms with van der Waals surface area (Å²) in [6, 6.07) is 12.5. The molecule has 4 heterocycles.